The van der Waals surface area contributed by atoms with Gasteiger partial charge in [-0.3, -0.25) is 14.4 Å². The molecule has 0 N–H and O–H groups in total. The van der Waals surface area contributed by atoms with Crippen LogP contribution in [-0.4, -0.2) is 66.1 Å². The lowest BCUT2D eigenvalue weighted by molar-refractivity contribution is -0.149. The molecule has 170 valence electrons. The lowest BCUT2D eigenvalue weighted by Gasteiger charge is -2.32. The molecule has 2 aliphatic rings. The molecule has 0 spiro atoms. The maximum atomic E-state index is 13.2. The first-order valence-electron chi connectivity index (χ1n) is 11.4. The SMILES string of the molecule is CCOC(=O)C1CCCN(C(=O)c2ccccc2SCC(=O)N(C)C2CCCCC2)C1. The zero-order chi connectivity index (χ0) is 22.2. The van der Waals surface area contributed by atoms with Crippen LogP contribution in [0.3, 0.4) is 0 Å². The van der Waals surface area contributed by atoms with Crippen molar-refractivity contribution in [1.82, 2.24) is 9.80 Å². The number of likely N-dealkylation sites (tertiary alicyclic amines) is 1. The van der Waals surface area contributed by atoms with Gasteiger partial charge in [0.1, 0.15) is 0 Å². The van der Waals surface area contributed by atoms with Gasteiger partial charge in [-0.1, -0.05) is 31.4 Å². The fourth-order valence-corrected chi connectivity index (χ4v) is 5.44. The van der Waals surface area contributed by atoms with E-state index in [1.807, 2.05) is 36.2 Å². The van der Waals surface area contributed by atoms with Crippen molar-refractivity contribution in [3.63, 3.8) is 0 Å². The Morgan fingerprint density at radius 1 is 1.10 bits per heavy atom. The molecule has 6 nitrogen and oxygen atoms in total. The maximum absolute atomic E-state index is 13.2. The molecule has 1 heterocycles. The Labute approximate surface area is 189 Å². The fraction of sp³-hybridized carbons (Fsp3) is 0.625. The summed E-state index contributed by atoms with van der Waals surface area (Å²) in [6.07, 6.45) is 7.34. The predicted molar refractivity (Wildman–Crippen MR) is 122 cm³/mol. The van der Waals surface area contributed by atoms with Gasteiger partial charge >= 0.3 is 5.97 Å². The van der Waals surface area contributed by atoms with E-state index >= 15 is 0 Å². The Bertz CT molecular complexity index is 779. The number of rotatable bonds is 7. The van der Waals surface area contributed by atoms with Crippen molar-refractivity contribution in [2.45, 2.75) is 62.8 Å². The maximum Gasteiger partial charge on any atom is 0.310 e. The van der Waals surface area contributed by atoms with E-state index in [9.17, 15) is 14.4 Å². The zero-order valence-electron chi connectivity index (χ0n) is 18.7. The summed E-state index contributed by atoms with van der Waals surface area (Å²) in [5.41, 5.74) is 0.602. The van der Waals surface area contributed by atoms with Crippen molar-refractivity contribution in [3.05, 3.63) is 29.8 Å². The summed E-state index contributed by atoms with van der Waals surface area (Å²) >= 11 is 1.42. The van der Waals surface area contributed by atoms with Crippen molar-refractivity contribution in [2.24, 2.45) is 5.92 Å². The monoisotopic (exact) mass is 446 g/mol. The van der Waals surface area contributed by atoms with E-state index in [4.69, 9.17) is 4.74 Å². The van der Waals surface area contributed by atoms with Gasteiger partial charge < -0.3 is 14.5 Å². The predicted octanol–water partition coefficient (Wildman–Crippen LogP) is 3.99. The number of carbonyl (C=O) groups excluding carboxylic acids is 3. The normalized spacial score (nSPS) is 19.7. The topological polar surface area (TPSA) is 66.9 Å². The van der Waals surface area contributed by atoms with Gasteiger partial charge in [0, 0.05) is 31.1 Å². The average Bonchev–Trinajstić information content (AvgIpc) is 2.82. The number of benzene rings is 1. The van der Waals surface area contributed by atoms with Crippen molar-refractivity contribution >= 4 is 29.5 Å². The summed E-state index contributed by atoms with van der Waals surface area (Å²) in [7, 11) is 1.90. The second-order valence-electron chi connectivity index (χ2n) is 8.42. The summed E-state index contributed by atoms with van der Waals surface area (Å²) in [4.78, 5) is 42.6. The Balaban J connectivity index is 1.62. The molecule has 1 saturated heterocycles. The summed E-state index contributed by atoms with van der Waals surface area (Å²) in [5.74, 6) is -0.130. The van der Waals surface area contributed by atoms with Crippen LogP contribution in [0.15, 0.2) is 29.2 Å². The third-order valence-corrected chi connectivity index (χ3v) is 7.37. The lowest BCUT2D eigenvalue weighted by Crippen LogP contribution is -2.43. The number of esters is 1. The minimum absolute atomic E-state index is 0.0785. The molecule has 3 rings (SSSR count). The molecule has 0 radical (unpaired) electrons. The minimum Gasteiger partial charge on any atom is -0.466 e. The Kier molecular flexibility index (Phi) is 8.81. The van der Waals surface area contributed by atoms with E-state index in [1.165, 1.54) is 31.0 Å². The van der Waals surface area contributed by atoms with Crippen LogP contribution in [0.2, 0.25) is 0 Å². The summed E-state index contributed by atoms with van der Waals surface area (Å²) in [6.45, 7) is 3.17. The molecular weight excluding hydrogens is 412 g/mol. The van der Waals surface area contributed by atoms with Crippen molar-refractivity contribution in [2.75, 3.05) is 32.5 Å². The van der Waals surface area contributed by atoms with Crippen molar-refractivity contribution in [1.29, 1.82) is 0 Å². The summed E-state index contributed by atoms with van der Waals surface area (Å²) in [6, 6.07) is 7.80. The summed E-state index contributed by atoms with van der Waals surface area (Å²) < 4.78 is 5.15. The van der Waals surface area contributed by atoms with Gasteiger partial charge in [0.05, 0.1) is 23.8 Å². The second-order valence-corrected chi connectivity index (χ2v) is 9.44. The van der Waals surface area contributed by atoms with Crippen molar-refractivity contribution < 1.29 is 19.1 Å². The molecule has 2 fully saturated rings. The molecule has 0 bridgehead atoms. The number of carbonyl (C=O) groups is 3. The van der Waals surface area contributed by atoms with Gasteiger partial charge in [-0.05, 0) is 44.7 Å². The quantitative estimate of drug-likeness (QED) is 0.468. The number of piperidine rings is 1. The largest absolute Gasteiger partial charge is 0.466 e. The number of amides is 2. The highest BCUT2D eigenvalue weighted by atomic mass is 32.2. The van der Waals surface area contributed by atoms with Crippen LogP contribution in [0.4, 0.5) is 0 Å². The molecule has 0 aromatic heterocycles. The summed E-state index contributed by atoms with van der Waals surface area (Å²) in [5, 5.41) is 0. The highest BCUT2D eigenvalue weighted by Gasteiger charge is 2.31. The highest BCUT2D eigenvalue weighted by Crippen LogP contribution is 2.28. The van der Waals surface area contributed by atoms with Gasteiger partial charge in [-0.2, -0.15) is 0 Å². The molecule has 1 aliphatic carbocycles. The van der Waals surface area contributed by atoms with E-state index < -0.39 is 0 Å². The lowest BCUT2D eigenvalue weighted by atomic mass is 9.94. The van der Waals surface area contributed by atoms with E-state index in [-0.39, 0.29) is 23.7 Å². The van der Waals surface area contributed by atoms with E-state index in [1.54, 1.807) is 11.8 Å². The van der Waals surface area contributed by atoms with Crippen LogP contribution in [0, 0.1) is 5.92 Å². The van der Waals surface area contributed by atoms with Crippen LogP contribution in [-0.2, 0) is 14.3 Å². The minimum atomic E-state index is -0.261. The first-order chi connectivity index (χ1) is 15.0. The first kappa shape index (κ1) is 23.6. The van der Waals surface area contributed by atoms with Crippen molar-refractivity contribution in [3.8, 4) is 0 Å². The smallest absolute Gasteiger partial charge is 0.310 e. The number of hydrogen-bond acceptors (Lipinski definition) is 5. The first-order valence-corrected chi connectivity index (χ1v) is 12.4. The molecule has 7 heteroatoms. The molecular formula is C24H34N2O4S. The van der Waals surface area contributed by atoms with Crippen LogP contribution in [0.25, 0.3) is 0 Å². The Morgan fingerprint density at radius 2 is 1.84 bits per heavy atom. The van der Waals surface area contributed by atoms with Crippen LogP contribution in [0.1, 0.15) is 62.2 Å². The number of nitrogens with zero attached hydrogens (tertiary/aromatic N) is 2. The van der Waals surface area contributed by atoms with Gasteiger partial charge in [0.2, 0.25) is 5.91 Å². The van der Waals surface area contributed by atoms with Crippen LogP contribution < -0.4 is 0 Å². The number of ether oxygens (including phenoxy) is 1. The molecule has 1 aromatic carbocycles. The highest BCUT2D eigenvalue weighted by molar-refractivity contribution is 8.00. The van der Waals surface area contributed by atoms with Gasteiger partial charge in [0.25, 0.3) is 5.91 Å². The zero-order valence-corrected chi connectivity index (χ0v) is 19.5. The van der Waals surface area contributed by atoms with Crippen LogP contribution >= 0.6 is 11.8 Å². The van der Waals surface area contributed by atoms with Gasteiger partial charge in [0.15, 0.2) is 0 Å². The molecule has 1 aromatic rings. The molecule has 1 saturated carbocycles. The second kappa shape index (κ2) is 11.6. The standard InChI is InChI=1S/C24H34N2O4S/c1-3-30-24(29)18-10-9-15-26(16-18)23(28)20-13-7-8-14-21(20)31-17-22(27)25(2)19-11-5-4-6-12-19/h7-8,13-14,18-19H,3-6,9-12,15-17H2,1-2H3. The van der Waals surface area contributed by atoms with Gasteiger partial charge in [-0.25, -0.2) is 0 Å². The molecule has 1 unspecified atom stereocenters. The number of hydrogen-bond donors (Lipinski definition) is 0. The van der Waals surface area contributed by atoms with Gasteiger partial charge in [-0.15, -0.1) is 11.8 Å². The fourth-order valence-electron chi connectivity index (χ4n) is 4.47. The van der Waals surface area contributed by atoms with E-state index in [0.717, 1.165) is 30.6 Å². The van der Waals surface area contributed by atoms with E-state index in [2.05, 4.69) is 0 Å². The molecule has 31 heavy (non-hydrogen) atoms. The third kappa shape index (κ3) is 6.25. The molecule has 1 atom stereocenters. The number of thioether (sulfide) groups is 1. The van der Waals surface area contributed by atoms with Crippen LogP contribution in [0.5, 0.6) is 0 Å². The Hall–Kier alpha value is -2.02. The Morgan fingerprint density at radius 3 is 2.58 bits per heavy atom. The average molecular weight is 447 g/mol. The van der Waals surface area contributed by atoms with E-state index in [0.29, 0.717) is 37.1 Å². The third-order valence-electron chi connectivity index (χ3n) is 6.31. The molecule has 1 aliphatic heterocycles. The molecule has 2 amide bonds.